The number of nitrogens with zero attached hydrogens (tertiary/aromatic N) is 6. The van der Waals surface area contributed by atoms with Crippen molar-refractivity contribution in [2.24, 2.45) is 0 Å². The lowest BCUT2D eigenvalue weighted by atomic mass is 9.98. The minimum Gasteiger partial charge on any atom is -0.298 e. The highest BCUT2D eigenvalue weighted by atomic mass is 17.2. The first-order valence-corrected chi connectivity index (χ1v) is 14.6. The maximum Gasteiger partial charge on any atom is 0.346 e. The van der Waals surface area contributed by atoms with Gasteiger partial charge in [0.1, 0.15) is 11.9 Å². The van der Waals surface area contributed by atoms with Crippen LogP contribution in [0.2, 0.25) is 0 Å². The number of carbonyl (C=O) groups excluding carboxylic acids is 1. The largest absolute Gasteiger partial charge is 0.346 e. The highest BCUT2D eigenvalue weighted by Crippen LogP contribution is 2.30. The van der Waals surface area contributed by atoms with E-state index in [0.717, 1.165) is 40.7 Å². The zero-order chi connectivity index (χ0) is 30.0. The standard InChI is InChI=1S/C32H35N7O4/c1-3-5-16-29-35-39(22-28(25-12-7-6-8-13-25)42-43-30(40)11-4-2)32(41)38(29)21-23-17-19-24(20-18-23)26-14-9-10-15-27(26)31-33-36-37-34-31/h6-10,12-15,17-20,28H,3-5,11,16,21-22H2,1-2H3,(H,33,34,36,37). The first kappa shape index (κ1) is 29.6. The fourth-order valence-electron chi connectivity index (χ4n) is 4.84. The molecule has 11 heteroatoms. The normalized spacial score (nSPS) is 11.9. The van der Waals surface area contributed by atoms with Crippen molar-refractivity contribution in [3.05, 3.63) is 106 Å². The summed E-state index contributed by atoms with van der Waals surface area (Å²) < 4.78 is 3.12. The summed E-state index contributed by atoms with van der Waals surface area (Å²) in [4.78, 5) is 36.4. The molecule has 5 rings (SSSR count). The summed E-state index contributed by atoms with van der Waals surface area (Å²) in [5.41, 5.74) is 4.35. The molecule has 0 saturated carbocycles. The summed E-state index contributed by atoms with van der Waals surface area (Å²) in [6.45, 7) is 4.46. The van der Waals surface area contributed by atoms with Gasteiger partial charge in [-0.25, -0.2) is 14.3 Å². The van der Waals surface area contributed by atoms with Crippen molar-refractivity contribution in [1.29, 1.82) is 0 Å². The molecule has 0 amide bonds. The summed E-state index contributed by atoms with van der Waals surface area (Å²) in [5, 5.41) is 19.2. The van der Waals surface area contributed by atoms with Crippen LogP contribution in [0.4, 0.5) is 0 Å². The van der Waals surface area contributed by atoms with E-state index in [4.69, 9.17) is 14.9 Å². The maximum absolute atomic E-state index is 13.7. The number of hydrogen-bond acceptors (Lipinski definition) is 8. The Kier molecular flexibility index (Phi) is 9.86. The number of nitrogens with one attached hydrogen (secondary N) is 1. The van der Waals surface area contributed by atoms with Crippen LogP contribution in [-0.2, 0) is 34.1 Å². The van der Waals surface area contributed by atoms with E-state index in [1.165, 1.54) is 4.68 Å². The van der Waals surface area contributed by atoms with Gasteiger partial charge in [0.2, 0.25) is 5.82 Å². The molecule has 1 atom stereocenters. The molecule has 2 heterocycles. The summed E-state index contributed by atoms with van der Waals surface area (Å²) in [6, 6.07) is 25.3. The number of benzene rings is 3. The number of carbonyl (C=O) groups is 1. The second-order valence-corrected chi connectivity index (χ2v) is 10.2. The molecule has 0 radical (unpaired) electrons. The molecule has 0 aliphatic rings. The van der Waals surface area contributed by atoms with Gasteiger partial charge in [-0.2, -0.15) is 15.2 Å². The fraction of sp³-hybridized carbons (Fsp3) is 0.312. The number of rotatable bonds is 14. The quantitative estimate of drug-likeness (QED) is 0.138. The van der Waals surface area contributed by atoms with Gasteiger partial charge in [0.15, 0.2) is 0 Å². The van der Waals surface area contributed by atoms with Gasteiger partial charge in [-0.15, -0.1) is 10.2 Å². The molecule has 0 aliphatic carbocycles. The van der Waals surface area contributed by atoms with Crippen LogP contribution in [0.5, 0.6) is 0 Å². The molecule has 0 aliphatic heterocycles. The molecule has 43 heavy (non-hydrogen) atoms. The Morgan fingerprint density at radius 1 is 0.930 bits per heavy atom. The first-order valence-electron chi connectivity index (χ1n) is 14.6. The van der Waals surface area contributed by atoms with E-state index in [1.807, 2.05) is 85.8 Å². The van der Waals surface area contributed by atoms with Crippen molar-refractivity contribution in [2.75, 3.05) is 0 Å². The Bertz CT molecular complexity index is 1660. The molecule has 0 saturated heterocycles. The average molecular weight is 582 g/mol. The van der Waals surface area contributed by atoms with E-state index < -0.39 is 12.1 Å². The number of aromatic nitrogens is 7. The van der Waals surface area contributed by atoms with Crippen LogP contribution in [0.3, 0.4) is 0 Å². The molecule has 222 valence electrons. The van der Waals surface area contributed by atoms with Crippen LogP contribution in [-0.4, -0.2) is 40.9 Å². The van der Waals surface area contributed by atoms with E-state index in [2.05, 4.69) is 27.5 Å². The lowest BCUT2D eigenvalue weighted by Crippen LogP contribution is -2.28. The van der Waals surface area contributed by atoms with Crippen LogP contribution in [0, 0.1) is 0 Å². The highest BCUT2D eigenvalue weighted by molar-refractivity contribution is 5.80. The van der Waals surface area contributed by atoms with Gasteiger partial charge in [0, 0.05) is 18.4 Å². The molecule has 5 aromatic rings. The Morgan fingerprint density at radius 2 is 1.67 bits per heavy atom. The van der Waals surface area contributed by atoms with Crippen molar-refractivity contribution in [3.8, 4) is 22.5 Å². The highest BCUT2D eigenvalue weighted by Gasteiger charge is 2.22. The van der Waals surface area contributed by atoms with Crippen LogP contribution >= 0.6 is 0 Å². The monoisotopic (exact) mass is 581 g/mol. The lowest BCUT2D eigenvalue weighted by molar-refractivity contribution is -0.303. The van der Waals surface area contributed by atoms with Crippen molar-refractivity contribution in [3.63, 3.8) is 0 Å². The summed E-state index contributed by atoms with van der Waals surface area (Å²) in [7, 11) is 0. The van der Waals surface area contributed by atoms with Gasteiger partial charge in [-0.05, 0) is 40.3 Å². The number of aromatic amines is 1. The third-order valence-electron chi connectivity index (χ3n) is 7.09. The fourth-order valence-corrected chi connectivity index (χ4v) is 4.84. The van der Waals surface area contributed by atoms with Crippen molar-refractivity contribution < 1.29 is 14.6 Å². The van der Waals surface area contributed by atoms with E-state index in [-0.39, 0.29) is 18.7 Å². The van der Waals surface area contributed by atoms with Crippen molar-refractivity contribution in [1.82, 2.24) is 35.0 Å². The van der Waals surface area contributed by atoms with E-state index in [9.17, 15) is 9.59 Å². The first-order chi connectivity index (χ1) is 21.1. The van der Waals surface area contributed by atoms with Crippen LogP contribution in [0.1, 0.15) is 62.6 Å². The second-order valence-electron chi connectivity index (χ2n) is 10.2. The Morgan fingerprint density at radius 3 is 2.37 bits per heavy atom. The molecule has 11 nitrogen and oxygen atoms in total. The minimum absolute atomic E-state index is 0.0974. The molecular weight excluding hydrogens is 546 g/mol. The zero-order valence-corrected chi connectivity index (χ0v) is 24.3. The molecule has 0 spiro atoms. The Balaban J connectivity index is 1.40. The molecule has 3 aromatic carbocycles. The van der Waals surface area contributed by atoms with Crippen LogP contribution in [0.25, 0.3) is 22.5 Å². The summed E-state index contributed by atoms with van der Waals surface area (Å²) in [6.07, 6.45) is 2.74. The van der Waals surface area contributed by atoms with Gasteiger partial charge < -0.3 is 0 Å². The SMILES string of the molecule is CCCCc1nn(CC(OOC(=O)CCC)c2ccccc2)c(=O)n1Cc1ccc(-c2ccccc2-c2nn[nH]n2)cc1. The lowest BCUT2D eigenvalue weighted by Gasteiger charge is -2.16. The van der Waals surface area contributed by atoms with Gasteiger partial charge in [-0.1, -0.05) is 99.1 Å². The molecular formula is C32H35N7O4. The van der Waals surface area contributed by atoms with Crippen LogP contribution in [0.15, 0.2) is 83.7 Å². The van der Waals surface area contributed by atoms with Crippen molar-refractivity contribution in [2.45, 2.75) is 65.1 Å². The smallest absolute Gasteiger partial charge is 0.298 e. The molecule has 1 unspecified atom stereocenters. The minimum atomic E-state index is -0.694. The Hall–Kier alpha value is -4.90. The van der Waals surface area contributed by atoms with E-state index in [0.29, 0.717) is 31.0 Å². The molecule has 0 bridgehead atoms. The Labute approximate surface area is 249 Å². The third kappa shape index (κ3) is 7.31. The summed E-state index contributed by atoms with van der Waals surface area (Å²) in [5.74, 6) is 0.776. The molecule has 2 aromatic heterocycles. The molecule has 0 fully saturated rings. The second kappa shape index (κ2) is 14.3. The summed E-state index contributed by atoms with van der Waals surface area (Å²) >= 11 is 0. The van der Waals surface area contributed by atoms with Gasteiger partial charge >= 0.3 is 11.7 Å². The van der Waals surface area contributed by atoms with E-state index >= 15 is 0 Å². The maximum atomic E-state index is 13.7. The third-order valence-corrected chi connectivity index (χ3v) is 7.09. The van der Waals surface area contributed by atoms with Gasteiger partial charge in [-0.3, -0.25) is 9.45 Å². The zero-order valence-electron chi connectivity index (χ0n) is 24.3. The predicted octanol–water partition coefficient (Wildman–Crippen LogP) is 5.30. The number of aryl methyl sites for hydroxylation is 1. The predicted molar refractivity (Wildman–Crippen MR) is 161 cm³/mol. The van der Waals surface area contributed by atoms with Gasteiger partial charge in [0.25, 0.3) is 0 Å². The number of H-pyrrole nitrogens is 1. The number of unbranched alkanes of at least 4 members (excludes halogenated alkanes) is 1. The number of hydrogen-bond donors (Lipinski definition) is 1. The number of tetrazole rings is 1. The van der Waals surface area contributed by atoms with Crippen molar-refractivity contribution >= 4 is 5.97 Å². The molecule has 1 N–H and O–H groups in total. The average Bonchev–Trinajstić information content (AvgIpc) is 3.68. The van der Waals surface area contributed by atoms with Crippen LogP contribution < -0.4 is 5.69 Å². The van der Waals surface area contributed by atoms with E-state index in [1.54, 1.807) is 4.57 Å². The topological polar surface area (TPSA) is 130 Å². The van der Waals surface area contributed by atoms with Gasteiger partial charge in [0.05, 0.1) is 13.1 Å².